The van der Waals surface area contributed by atoms with Crippen LogP contribution in [0.2, 0.25) is 0 Å². The second kappa shape index (κ2) is 7.94. The van der Waals surface area contributed by atoms with Crippen molar-refractivity contribution in [1.29, 1.82) is 0 Å². The van der Waals surface area contributed by atoms with E-state index in [1.54, 1.807) is 23.5 Å². The van der Waals surface area contributed by atoms with Crippen molar-refractivity contribution >= 4 is 17.2 Å². The minimum atomic E-state index is -0.348. The van der Waals surface area contributed by atoms with E-state index in [1.165, 1.54) is 12.1 Å². The van der Waals surface area contributed by atoms with Gasteiger partial charge in [0.15, 0.2) is 0 Å². The highest BCUT2D eigenvalue weighted by Gasteiger charge is 2.19. The van der Waals surface area contributed by atoms with Crippen LogP contribution in [0.4, 0.5) is 4.39 Å². The average molecular weight is 321 g/mol. The summed E-state index contributed by atoms with van der Waals surface area (Å²) in [6, 6.07) is 9.93. The zero-order valence-electron chi connectivity index (χ0n) is 12.7. The highest BCUT2D eigenvalue weighted by atomic mass is 32.1. The summed E-state index contributed by atoms with van der Waals surface area (Å²) in [7, 11) is 0. The van der Waals surface area contributed by atoms with Crippen LogP contribution in [0, 0.1) is 11.7 Å². The van der Waals surface area contributed by atoms with Gasteiger partial charge in [0.1, 0.15) is 11.6 Å². The first-order valence-electron chi connectivity index (χ1n) is 7.27. The van der Waals surface area contributed by atoms with Crippen molar-refractivity contribution in [3.63, 3.8) is 0 Å². The highest BCUT2D eigenvalue weighted by Crippen LogP contribution is 2.25. The molecule has 22 heavy (non-hydrogen) atoms. The number of carbonyl (C=O) groups excluding carboxylic acids is 1. The second-order valence-corrected chi connectivity index (χ2v) is 6.34. The number of hydrogen-bond acceptors (Lipinski definition) is 3. The molecule has 0 radical (unpaired) electrons. The van der Waals surface area contributed by atoms with Crippen molar-refractivity contribution in [2.24, 2.45) is 5.92 Å². The minimum absolute atomic E-state index is 0.0154. The van der Waals surface area contributed by atoms with E-state index in [1.807, 2.05) is 17.5 Å². The van der Waals surface area contributed by atoms with Gasteiger partial charge in [-0.3, -0.25) is 4.79 Å². The Balaban J connectivity index is 1.82. The lowest BCUT2D eigenvalue weighted by Crippen LogP contribution is -2.32. The fourth-order valence-corrected chi connectivity index (χ4v) is 3.05. The number of halogens is 1. The maximum atomic E-state index is 13.0. The summed E-state index contributed by atoms with van der Waals surface area (Å²) < 4.78 is 18.4. The third-order valence-corrected chi connectivity index (χ3v) is 4.18. The van der Waals surface area contributed by atoms with Crippen molar-refractivity contribution in [3.05, 3.63) is 52.5 Å². The lowest BCUT2D eigenvalue weighted by molar-refractivity contribution is -0.122. The number of amides is 1. The first kappa shape index (κ1) is 16.5. The van der Waals surface area contributed by atoms with Crippen molar-refractivity contribution in [1.82, 2.24) is 5.32 Å². The largest absolute Gasteiger partial charge is 0.493 e. The van der Waals surface area contributed by atoms with Crippen molar-refractivity contribution in [2.45, 2.75) is 26.3 Å². The van der Waals surface area contributed by atoms with Gasteiger partial charge in [0.2, 0.25) is 5.91 Å². The van der Waals surface area contributed by atoms with Gasteiger partial charge in [-0.2, -0.15) is 0 Å². The van der Waals surface area contributed by atoms with E-state index in [0.717, 1.165) is 4.88 Å². The molecule has 2 rings (SSSR count). The molecule has 1 atom stereocenters. The predicted molar refractivity (Wildman–Crippen MR) is 86.6 cm³/mol. The van der Waals surface area contributed by atoms with Crippen molar-refractivity contribution < 1.29 is 13.9 Å². The van der Waals surface area contributed by atoms with Crippen LogP contribution in [-0.4, -0.2) is 12.5 Å². The normalized spacial score (nSPS) is 12.2. The van der Waals surface area contributed by atoms with Crippen LogP contribution in [-0.2, 0) is 4.79 Å². The van der Waals surface area contributed by atoms with E-state index in [0.29, 0.717) is 11.7 Å². The van der Waals surface area contributed by atoms with Crippen LogP contribution in [0.1, 0.15) is 31.2 Å². The lowest BCUT2D eigenvalue weighted by atomic mass is 10.0. The van der Waals surface area contributed by atoms with Gasteiger partial charge in [0.05, 0.1) is 19.1 Å². The van der Waals surface area contributed by atoms with Crippen LogP contribution in [0.5, 0.6) is 5.75 Å². The number of benzene rings is 1. The molecule has 3 nitrogen and oxygen atoms in total. The Labute approximate surface area is 134 Å². The summed E-state index contributed by atoms with van der Waals surface area (Å²) in [5.41, 5.74) is 0. The Morgan fingerprint density at radius 3 is 2.77 bits per heavy atom. The number of nitrogens with one attached hydrogen (secondary N) is 1. The number of hydrogen-bond donors (Lipinski definition) is 1. The molecular formula is C17H20FNO2S. The Morgan fingerprint density at radius 2 is 2.14 bits per heavy atom. The molecule has 0 aliphatic carbocycles. The van der Waals surface area contributed by atoms with Gasteiger partial charge in [0.25, 0.3) is 0 Å². The number of rotatable bonds is 7. The summed E-state index contributed by atoms with van der Waals surface area (Å²) in [6.45, 7) is 4.38. The van der Waals surface area contributed by atoms with Gasteiger partial charge in [-0.25, -0.2) is 4.39 Å². The third-order valence-electron chi connectivity index (χ3n) is 3.23. The van der Waals surface area contributed by atoms with E-state index in [4.69, 9.17) is 4.74 Å². The Kier molecular flexibility index (Phi) is 5.95. The summed E-state index contributed by atoms with van der Waals surface area (Å²) in [4.78, 5) is 13.2. The fourth-order valence-electron chi connectivity index (χ4n) is 2.10. The monoisotopic (exact) mass is 321 g/mol. The van der Waals surface area contributed by atoms with E-state index >= 15 is 0 Å². The molecule has 0 spiro atoms. The zero-order chi connectivity index (χ0) is 15.9. The average Bonchev–Trinajstić information content (AvgIpc) is 2.98. The molecule has 5 heteroatoms. The molecule has 0 saturated carbocycles. The number of carbonyl (C=O) groups is 1. The van der Waals surface area contributed by atoms with E-state index in [-0.39, 0.29) is 30.8 Å². The quantitative estimate of drug-likeness (QED) is 0.831. The van der Waals surface area contributed by atoms with Crippen molar-refractivity contribution in [3.8, 4) is 5.75 Å². The van der Waals surface area contributed by atoms with Gasteiger partial charge in [0, 0.05) is 10.9 Å². The second-order valence-electron chi connectivity index (χ2n) is 5.36. The summed E-state index contributed by atoms with van der Waals surface area (Å²) >= 11 is 1.64. The first-order chi connectivity index (χ1) is 10.6. The Hall–Kier alpha value is -1.88. The van der Waals surface area contributed by atoms with Gasteiger partial charge < -0.3 is 10.1 Å². The molecule has 1 aromatic heterocycles. The smallest absolute Gasteiger partial charge is 0.223 e. The van der Waals surface area contributed by atoms with Gasteiger partial charge >= 0.3 is 0 Å². The van der Waals surface area contributed by atoms with E-state index in [2.05, 4.69) is 19.2 Å². The minimum Gasteiger partial charge on any atom is -0.493 e. The van der Waals surface area contributed by atoms with Gasteiger partial charge in [-0.1, -0.05) is 26.0 Å². The molecule has 1 N–H and O–H groups in total. The molecule has 0 unspecified atom stereocenters. The highest BCUT2D eigenvalue weighted by molar-refractivity contribution is 7.10. The van der Waals surface area contributed by atoms with E-state index in [9.17, 15) is 9.18 Å². The number of thiophene rings is 1. The van der Waals surface area contributed by atoms with E-state index < -0.39 is 0 Å². The van der Waals surface area contributed by atoms with Crippen LogP contribution < -0.4 is 10.1 Å². The molecule has 2 aromatic rings. The molecule has 0 bridgehead atoms. The van der Waals surface area contributed by atoms with Crippen LogP contribution in [0.15, 0.2) is 41.8 Å². The predicted octanol–water partition coefficient (Wildman–Crippen LogP) is 4.17. The van der Waals surface area contributed by atoms with Crippen LogP contribution in [0.3, 0.4) is 0 Å². The molecule has 1 aromatic carbocycles. The molecule has 0 saturated heterocycles. The molecule has 118 valence electrons. The summed E-state index contributed by atoms with van der Waals surface area (Å²) in [6.07, 6.45) is 0.241. The molecule has 0 aliphatic heterocycles. The van der Waals surface area contributed by atoms with Crippen LogP contribution in [0.25, 0.3) is 0 Å². The molecule has 1 amide bonds. The molecule has 1 heterocycles. The third kappa shape index (κ3) is 4.84. The fraction of sp³-hybridized carbons (Fsp3) is 0.353. The zero-order valence-corrected chi connectivity index (χ0v) is 13.5. The van der Waals surface area contributed by atoms with Crippen LogP contribution >= 0.6 is 11.3 Å². The maximum Gasteiger partial charge on any atom is 0.223 e. The first-order valence-corrected chi connectivity index (χ1v) is 8.15. The van der Waals surface area contributed by atoms with Crippen molar-refractivity contribution in [2.75, 3.05) is 6.61 Å². The SMILES string of the molecule is CC(C)[C@H](NC(=O)CCOc1cccc(F)c1)c1cccs1. The number of ether oxygens (including phenoxy) is 1. The standard InChI is InChI=1S/C17H20FNO2S/c1-12(2)17(15-7-4-10-22-15)19-16(20)8-9-21-14-6-3-5-13(18)11-14/h3-7,10-12,17H,8-9H2,1-2H3,(H,19,20)/t17-/m0/s1. The van der Waals surface area contributed by atoms with Gasteiger partial charge in [-0.05, 0) is 29.5 Å². The summed E-state index contributed by atoms with van der Waals surface area (Å²) in [5, 5.41) is 5.04. The topological polar surface area (TPSA) is 38.3 Å². The summed E-state index contributed by atoms with van der Waals surface area (Å²) in [5.74, 6) is 0.334. The van der Waals surface area contributed by atoms with Gasteiger partial charge in [-0.15, -0.1) is 11.3 Å². The maximum absolute atomic E-state index is 13.0. The Morgan fingerprint density at radius 1 is 1.32 bits per heavy atom. The molecule has 0 aliphatic rings. The molecular weight excluding hydrogens is 301 g/mol. The lowest BCUT2D eigenvalue weighted by Gasteiger charge is -2.21. The Bertz CT molecular complexity index is 598. The molecule has 0 fully saturated rings.